The molecular weight excluding hydrogens is 654 g/mol. The summed E-state index contributed by atoms with van der Waals surface area (Å²) >= 11 is 0. The van der Waals surface area contributed by atoms with Crippen molar-refractivity contribution in [1.82, 2.24) is 0 Å². The van der Waals surface area contributed by atoms with Gasteiger partial charge in [-0.2, -0.15) is 15.6 Å². The van der Waals surface area contributed by atoms with Crippen LogP contribution in [0, 0.1) is 79.9 Å². The first-order chi connectivity index (χ1) is 4.00. The Morgan fingerprint density at radius 1 is 0.583 bits per heavy atom. The summed E-state index contributed by atoms with van der Waals surface area (Å²) in [6, 6.07) is 0. The molecule has 0 atom stereocenters. The Kier molecular flexibility index (Phi) is 21.0. The molecular formula is O8P2Th2+2. The quantitative estimate of drug-likeness (QED) is 0.233. The van der Waals surface area contributed by atoms with Gasteiger partial charge in [0.2, 0.25) is 0 Å². The first-order valence-electron chi connectivity index (χ1n) is 1.46. The Bertz CT molecular complexity index is 127. The molecule has 0 heterocycles. The molecule has 0 radical (unpaired) electrons. The van der Waals surface area contributed by atoms with Crippen LogP contribution in [0.3, 0.4) is 0 Å². The van der Waals surface area contributed by atoms with E-state index in [-0.39, 0.29) is 79.9 Å². The predicted octanol–water partition coefficient (Wildman–Crippen LogP) is -5.65. The fourth-order valence-electron chi connectivity index (χ4n) is 0. The van der Waals surface area contributed by atoms with Crippen LogP contribution in [0.5, 0.6) is 0 Å². The van der Waals surface area contributed by atoms with Crippen LogP contribution in [0.1, 0.15) is 0 Å². The van der Waals surface area contributed by atoms with Crippen molar-refractivity contribution in [1.29, 1.82) is 0 Å². The van der Waals surface area contributed by atoms with Gasteiger partial charge in [0.25, 0.3) is 0 Å². The minimum atomic E-state index is -5.39. The smallest absolute Gasteiger partial charge is 0.822 e. The normalized spacial score (nSPS) is 9.83. The monoisotopic (exact) mass is 654 g/mol. The Morgan fingerprint density at radius 3 is 0.583 bits per heavy atom. The topological polar surface area (TPSA) is 172 Å². The first-order valence-corrected chi connectivity index (χ1v) is 4.38. The van der Waals surface area contributed by atoms with E-state index in [1.165, 1.54) is 0 Å². The van der Waals surface area contributed by atoms with Crippen LogP contribution in [0.2, 0.25) is 0 Å². The Hall–Kier alpha value is 2.87. The van der Waals surface area contributed by atoms with Crippen molar-refractivity contribution < 1.29 is 118 Å². The molecule has 0 aliphatic heterocycles. The average molecular weight is 654 g/mol. The fourth-order valence-corrected chi connectivity index (χ4v) is 0. The second kappa shape index (κ2) is 10.4. The van der Waals surface area contributed by atoms with E-state index in [0.29, 0.717) is 0 Å². The third-order valence-electron chi connectivity index (χ3n) is 0. The standard InChI is InChI=1S/2H3O4P.2Th/c2*1-5(2,3)4;;/h2*(H3,1,2,3,4);;/q;;2*+4/p-6. The summed E-state index contributed by atoms with van der Waals surface area (Å²) in [4.78, 5) is 51.3. The minimum Gasteiger partial charge on any atom is -0.822 e. The second-order valence-corrected chi connectivity index (χ2v) is 2.68. The van der Waals surface area contributed by atoms with Gasteiger partial charge < -0.3 is 38.5 Å². The Morgan fingerprint density at radius 2 is 0.583 bits per heavy atom. The Labute approximate surface area is 132 Å². The van der Waals surface area contributed by atoms with Crippen molar-refractivity contribution in [2.24, 2.45) is 0 Å². The van der Waals surface area contributed by atoms with Crippen molar-refractivity contribution in [3.63, 3.8) is 0 Å². The predicted molar refractivity (Wildman–Crippen MR) is 15.2 cm³/mol. The van der Waals surface area contributed by atoms with Gasteiger partial charge in [0.05, 0.1) is 0 Å². The van der Waals surface area contributed by atoms with Gasteiger partial charge in [-0.1, -0.05) is 0 Å². The van der Waals surface area contributed by atoms with Gasteiger partial charge in [0, 0.05) is 0 Å². The van der Waals surface area contributed by atoms with Gasteiger partial charge in [-0.05, 0) is 0 Å². The number of rotatable bonds is 0. The van der Waals surface area contributed by atoms with Crippen LogP contribution in [0.25, 0.3) is 0 Å². The second-order valence-electron chi connectivity index (χ2n) is 0.894. The van der Waals surface area contributed by atoms with Crippen LogP contribution < -0.4 is 29.4 Å². The van der Waals surface area contributed by atoms with Crippen LogP contribution in [-0.4, -0.2) is 0 Å². The van der Waals surface area contributed by atoms with Gasteiger partial charge in [0.15, 0.2) is 0 Å². The van der Waals surface area contributed by atoms with Crippen molar-refractivity contribution in [3.05, 3.63) is 0 Å². The maximum atomic E-state index is 8.55. The van der Waals surface area contributed by atoms with E-state index in [4.69, 9.17) is 38.5 Å². The molecule has 0 saturated carbocycles. The zero-order chi connectivity index (χ0) is 9.00. The molecule has 0 rings (SSSR count). The summed E-state index contributed by atoms with van der Waals surface area (Å²) in [6.45, 7) is 0. The maximum absolute atomic E-state index is 8.55. The molecule has 0 aromatic heterocycles. The van der Waals surface area contributed by atoms with E-state index >= 15 is 0 Å². The summed E-state index contributed by atoms with van der Waals surface area (Å²) < 4.78 is 17.1. The van der Waals surface area contributed by atoms with Crippen LogP contribution in [0.15, 0.2) is 0 Å². The molecule has 0 amide bonds. The molecule has 0 aliphatic rings. The number of hydrogen-bond donors (Lipinski definition) is 0. The molecule has 0 aromatic rings. The maximum Gasteiger partial charge on any atom is 4.00 e. The van der Waals surface area contributed by atoms with E-state index in [0.717, 1.165) is 0 Å². The van der Waals surface area contributed by atoms with Gasteiger partial charge >= 0.3 is 79.9 Å². The van der Waals surface area contributed by atoms with Crippen molar-refractivity contribution in [2.45, 2.75) is 0 Å². The van der Waals surface area contributed by atoms with E-state index in [2.05, 4.69) is 0 Å². The summed E-state index contributed by atoms with van der Waals surface area (Å²) in [7, 11) is -10.8. The zero-order valence-electron chi connectivity index (χ0n) is 5.16. The third kappa shape index (κ3) is 220. The number of hydrogen-bond acceptors (Lipinski definition) is 8. The van der Waals surface area contributed by atoms with Gasteiger partial charge in [0.1, 0.15) is 0 Å². The molecule has 0 unspecified atom stereocenters. The van der Waals surface area contributed by atoms with E-state index < -0.39 is 15.6 Å². The van der Waals surface area contributed by atoms with Crippen molar-refractivity contribution >= 4 is 15.6 Å². The van der Waals surface area contributed by atoms with Gasteiger partial charge in [-0.25, -0.2) is 0 Å². The molecule has 0 bridgehead atoms. The molecule has 64 valence electrons. The van der Waals surface area contributed by atoms with Crippen LogP contribution >= 0.6 is 15.6 Å². The SMILES string of the molecule is O=P([O-])([O-])[O-].O=P([O-])([O-])[O-].[Th+4].[Th+4]. The average Bonchev–Trinajstić information content (AvgIpc) is 1.12. The van der Waals surface area contributed by atoms with Crippen molar-refractivity contribution in [2.75, 3.05) is 0 Å². The third-order valence-corrected chi connectivity index (χ3v) is 0. The summed E-state index contributed by atoms with van der Waals surface area (Å²) in [5, 5.41) is 0. The molecule has 8 nitrogen and oxygen atoms in total. The van der Waals surface area contributed by atoms with E-state index in [9.17, 15) is 0 Å². The van der Waals surface area contributed by atoms with E-state index in [1.54, 1.807) is 0 Å². The summed E-state index contributed by atoms with van der Waals surface area (Å²) in [5.74, 6) is 0. The fraction of sp³-hybridized carbons (Fsp3) is 0. The van der Waals surface area contributed by atoms with Gasteiger partial charge in [-0.15, -0.1) is 0 Å². The van der Waals surface area contributed by atoms with Crippen LogP contribution in [0.4, 0.5) is 0 Å². The van der Waals surface area contributed by atoms with E-state index in [1.807, 2.05) is 0 Å². The molecule has 0 N–H and O–H groups in total. The van der Waals surface area contributed by atoms with Gasteiger partial charge in [-0.3, -0.25) is 0 Å². The first kappa shape index (κ1) is 24.2. The molecule has 0 aromatic carbocycles. The molecule has 12 heavy (non-hydrogen) atoms. The summed E-state index contributed by atoms with van der Waals surface area (Å²) in [5.41, 5.74) is 0. The van der Waals surface area contributed by atoms with Crippen molar-refractivity contribution in [3.8, 4) is 0 Å². The molecule has 0 aliphatic carbocycles. The Balaban J connectivity index is -0.0000000457. The summed E-state index contributed by atoms with van der Waals surface area (Å²) in [6.07, 6.45) is 0. The minimum absolute atomic E-state index is 0. The molecule has 12 heteroatoms. The molecule has 0 fully saturated rings. The van der Waals surface area contributed by atoms with Crippen LogP contribution in [-0.2, 0) is 9.13 Å². The molecule has 0 spiro atoms. The largest absolute Gasteiger partial charge is 4.00 e. The molecule has 0 saturated heterocycles. The number of phosphoric acid groups is 2. The zero-order valence-corrected chi connectivity index (χ0v) is 15.2.